The Hall–Kier alpha value is -3.80. The molecule has 3 heterocycles. The van der Waals surface area contributed by atoms with E-state index in [1.807, 2.05) is 13.8 Å². The van der Waals surface area contributed by atoms with Gasteiger partial charge >= 0.3 is 12.4 Å². The second kappa shape index (κ2) is 11.5. The highest BCUT2D eigenvalue weighted by molar-refractivity contribution is 5.88. The Kier molecular flexibility index (Phi) is 8.34. The Morgan fingerprint density at radius 2 is 1.56 bits per heavy atom. The molecular formula is C27H25F6N5O. The molecule has 0 amide bonds. The zero-order valence-electron chi connectivity index (χ0n) is 21.1. The van der Waals surface area contributed by atoms with Crippen LogP contribution in [-0.2, 0) is 30.1 Å². The lowest BCUT2D eigenvalue weighted by atomic mass is 10.0. The number of hydrogen-bond acceptors (Lipinski definition) is 6. The van der Waals surface area contributed by atoms with Gasteiger partial charge in [0.15, 0.2) is 11.5 Å². The molecule has 0 aliphatic heterocycles. The van der Waals surface area contributed by atoms with Crippen molar-refractivity contribution in [2.24, 2.45) is 5.92 Å². The van der Waals surface area contributed by atoms with E-state index >= 15 is 0 Å². The molecule has 0 aliphatic carbocycles. The second-order valence-electron chi connectivity index (χ2n) is 9.19. The largest absolute Gasteiger partial charge is 0.418 e. The maximum atomic E-state index is 13.6. The third-order valence-corrected chi connectivity index (χ3v) is 5.65. The molecule has 0 aliphatic rings. The van der Waals surface area contributed by atoms with Gasteiger partial charge in [-0.1, -0.05) is 32.0 Å². The van der Waals surface area contributed by atoms with Crippen LogP contribution in [0.2, 0.25) is 0 Å². The quantitative estimate of drug-likeness (QED) is 0.228. The minimum atomic E-state index is -4.64. The van der Waals surface area contributed by atoms with Crippen LogP contribution in [0, 0.1) is 5.92 Å². The van der Waals surface area contributed by atoms with E-state index in [4.69, 9.17) is 4.74 Å². The van der Waals surface area contributed by atoms with E-state index in [1.54, 1.807) is 0 Å². The topological polar surface area (TPSA) is 72.8 Å². The van der Waals surface area contributed by atoms with E-state index in [0.717, 1.165) is 12.1 Å². The summed E-state index contributed by atoms with van der Waals surface area (Å²) in [6, 6.07) is 10.3. The van der Waals surface area contributed by atoms with Crippen molar-refractivity contribution in [3.63, 3.8) is 0 Å². The molecule has 3 aromatic heterocycles. The Labute approximate surface area is 220 Å². The van der Waals surface area contributed by atoms with Gasteiger partial charge in [-0.05, 0) is 48.2 Å². The molecule has 1 aromatic carbocycles. The van der Waals surface area contributed by atoms with E-state index in [0.29, 0.717) is 12.0 Å². The van der Waals surface area contributed by atoms with Crippen LogP contribution in [0.4, 0.5) is 32.2 Å². The van der Waals surface area contributed by atoms with Gasteiger partial charge in [0.1, 0.15) is 18.1 Å². The second-order valence-corrected chi connectivity index (χ2v) is 9.19. The molecule has 4 rings (SSSR count). The molecular weight excluding hydrogens is 524 g/mol. The van der Waals surface area contributed by atoms with Crippen LogP contribution in [0.3, 0.4) is 0 Å². The highest BCUT2D eigenvalue weighted by Crippen LogP contribution is 2.36. The minimum absolute atomic E-state index is 0.0169. The van der Waals surface area contributed by atoms with Crippen molar-refractivity contribution in [2.75, 3.05) is 18.5 Å². The highest BCUT2D eigenvalue weighted by Gasteiger charge is 2.35. The zero-order valence-corrected chi connectivity index (χ0v) is 21.1. The maximum absolute atomic E-state index is 13.6. The van der Waals surface area contributed by atoms with Gasteiger partial charge in [0.05, 0.1) is 22.2 Å². The lowest BCUT2D eigenvalue weighted by molar-refractivity contribution is -0.138. The first-order chi connectivity index (χ1) is 18.4. The lowest BCUT2D eigenvalue weighted by Gasteiger charge is -2.15. The molecule has 0 spiro atoms. The SMILES string of the molecule is CC(C)COCc1nc(NCCc2ccccc2C(F)(F)F)c2ccc(-c3ncccc3C(F)(F)F)nc2n1. The molecule has 206 valence electrons. The fraction of sp³-hybridized carbons (Fsp3) is 0.333. The van der Waals surface area contributed by atoms with Crippen molar-refractivity contribution in [1.82, 2.24) is 19.9 Å². The van der Waals surface area contributed by atoms with Gasteiger partial charge in [0, 0.05) is 19.3 Å². The van der Waals surface area contributed by atoms with E-state index in [2.05, 4.69) is 25.3 Å². The number of rotatable bonds is 9. The normalized spacial score (nSPS) is 12.3. The van der Waals surface area contributed by atoms with Crippen molar-refractivity contribution < 1.29 is 31.1 Å². The molecule has 0 saturated carbocycles. The minimum Gasteiger partial charge on any atom is -0.373 e. The van der Waals surface area contributed by atoms with Gasteiger partial charge in [0.25, 0.3) is 0 Å². The number of nitrogens with zero attached hydrogens (tertiary/aromatic N) is 4. The average molecular weight is 550 g/mol. The average Bonchev–Trinajstić information content (AvgIpc) is 2.87. The van der Waals surface area contributed by atoms with Crippen LogP contribution in [0.25, 0.3) is 22.4 Å². The number of pyridine rings is 2. The van der Waals surface area contributed by atoms with E-state index < -0.39 is 23.5 Å². The summed E-state index contributed by atoms with van der Waals surface area (Å²) in [5.41, 5.74) is -1.82. The van der Waals surface area contributed by atoms with Crippen molar-refractivity contribution in [2.45, 2.75) is 39.2 Å². The molecule has 0 unspecified atom stereocenters. The lowest BCUT2D eigenvalue weighted by Crippen LogP contribution is -2.14. The van der Waals surface area contributed by atoms with Gasteiger partial charge in [-0.25, -0.2) is 15.0 Å². The summed E-state index contributed by atoms with van der Waals surface area (Å²) in [6.07, 6.45) is -7.83. The Bertz CT molecular complexity index is 1440. The first-order valence-electron chi connectivity index (χ1n) is 12.1. The highest BCUT2D eigenvalue weighted by atomic mass is 19.4. The molecule has 12 heteroatoms. The third-order valence-electron chi connectivity index (χ3n) is 5.65. The number of hydrogen-bond donors (Lipinski definition) is 1. The molecule has 4 aromatic rings. The first kappa shape index (κ1) is 28.2. The summed E-state index contributed by atoms with van der Waals surface area (Å²) in [4.78, 5) is 17.1. The van der Waals surface area contributed by atoms with Gasteiger partial charge in [-0.2, -0.15) is 26.3 Å². The summed E-state index contributed by atoms with van der Waals surface area (Å²) in [5.74, 6) is 0.748. The van der Waals surface area contributed by atoms with Gasteiger partial charge < -0.3 is 10.1 Å². The van der Waals surface area contributed by atoms with Crippen LogP contribution in [-0.4, -0.2) is 33.1 Å². The fourth-order valence-corrected chi connectivity index (χ4v) is 3.94. The summed E-state index contributed by atoms with van der Waals surface area (Å²) < 4.78 is 86.5. The van der Waals surface area contributed by atoms with Crippen molar-refractivity contribution >= 4 is 16.9 Å². The predicted octanol–water partition coefficient (Wildman–Crippen LogP) is 6.95. The number of anilines is 1. The number of nitrogens with one attached hydrogen (secondary N) is 1. The van der Waals surface area contributed by atoms with Crippen molar-refractivity contribution in [3.05, 3.63) is 77.2 Å². The molecule has 0 fully saturated rings. The van der Waals surface area contributed by atoms with Crippen LogP contribution in [0.1, 0.15) is 36.4 Å². The molecule has 39 heavy (non-hydrogen) atoms. The molecule has 0 bridgehead atoms. The van der Waals surface area contributed by atoms with Crippen LogP contribution in [0.15, 0.2) is 54.7 Å². The molecule has 0 saturated heterocycles. The Morgan fingerprint density at radius 3 is 2.28 bits per heavy atom. The standard InChI is InChI=1S/C27H25F6N5O/c1-16(2)14-39-15-22-37-24(35-13-11-17-6-3-4-7-19(17)26(28,29)30)18-9-10-21(36-25(18)38-22)23-20(27(31,32)33)8-5-12-34-23/h3-10,12,16H,11,13-15H2,1-2H3,(H,35,36,37,38). The predicted molar refractivity (Wildman–Crippen MR) is 134 cm³/mol. The maximum Gasteiger partial charge on any atom is 0.418 e. The fourth-order valence-electron chi connectivity index (χ4n) is 3.94. The molecule has 0 atom stereocenters. The van der Waals surface area contributed by atoms with Crippen LogP contribution in [0.5, 0.6) is 0 Å². The Balaban J connectivity index is 1.68. The van der Waals surface area contributed by atoms with E-state index in [9.17, 15) is 26.3 Å². The number of ether oxygens (including phenoxy) is 1. The summed E-state index contributed by atoms with van der Waals surface area (Å²) in [6.45, 7) is 4.47. The summed E-state index contributed by atoms with van der Waals surface area (Å²) in [7, 11) is 0. The van der Waals surface area contributed by atoms with Gasteiger partial charge in [-0.15, -0.1) is 0 Å². The first-order valence-corrected chi connectivity index (χ1v) is 12.1. The molecule has 0 radical (unpaired) electrons. The third kappa shape index (κ3) is 6.99. The van der Waals surface area contributed by atoms with Crippen LogP contribution >= 0.6 is 0 Å². The number of aromatic nitrogens is 4. The van der Waals surface area contributed by atoms with Crippen molar-refractivity contribution in [1.29, 1.82) is 0 Å². The Morgan fingerprint density at radius 1 is 0.846 bits per heavy atom. The number of fused-ring (bicyclic) bond motifs is 1. The number of benzene rings is 1. The van der Waals surface area contributed by atoms with Crippen LogP contribution < -0.4 is 5.32 Å². The summed E-state index contributed by atoms with van der Waals surface area (Å²) in [5, 5.41) is 3.43. The molecule has 6 nitrogen and oxygen atoms in total. The van der Waals surface area contributed by atoms with E-state index in [1.165, 1.54) is 42.6 Å². The summed E-state index contributed by atoms with van der Waals surface area (Å²) >= 11 is 0. The smallest absolute Gasteiger partial charge is 0.373 e. The monoisotopic (exact) mass is 549 g/mol. The van der Waals surface area contributed by atoms with Gasteiger partial charge in [-0.3, -0.25) is 4.98 Å². The number of alkyl halides is 6. The number of halogens is 6. The van der Waals surface area contributed by atoms with Crippen molar-refractivity contribution in [3.8, 4) is 11.4 Å². The van der Waals surface area contributed by atoms with Gasteiger partial charge in [0.2, 0.25) is 0 Å². The zero-order chi connectivity index (χ0) is 28.2. The van der Waals surface area contributed by atoms with E-state index in [-0.39, 0.29) is 59.7 Å². The molecule has 1 N–H and O–H groups in total.